The third kappa shape index (κ3) is 3.46. The van der Waals surface area contributed by atoms with E-state index in [0.29, 0.717) is 31.1 Å². The van der Waals surface area contributed by atoms with Gasteiger partial charge in [-0.25, -0.2) is 0 Å². The minimum atomic E-state index is -0.182. The molecule has 0 saturated heterocycles. The van der Waals surface area contributed by atoms with Gasteiger partial charge in [0.15, 0.2) is 0 Å². The molecule has 0 fully saturated rings. The highest BCUT2D eigenvalue weighted by Gasteiger charge is 2.18. The van der Waals surface area contributed by atoms with Gasteiger partial charge < -0.3 is 15.8 Å². The zero-order valence-corrected chi connectivity index (χ0v) is 11.3. The molecule has 1 heterocycles. The molecule has 102 valence electrons. The second kappa shape index (κ2) is 7.00. The predicted molar refractivity (Wildman–Crippen MR) is 70.4 cm³/mol. The van der Waals surface area contributed by atoms with E-state index in [2.05, 4.69) is 10.4 Å². The van der Waals surface area contributed by atoms with Gasteiger partial charge in [0, 0.05) is 26.8 Å². The van der Waals surface area contributed by atoms with Crippen LogP contribution >= 0.6 is 0 Å². The van der Waals surface area contributed by atoms with Crippen molar-refractivity contribution in [1.29, 1.82) is 0 Å². The maximum atomic E-state index is 12.0. The fraction of sp³-hybridized carbons (Fsp3) is 0.667. The van der Waals surface area contributed by atoms with Gasteiger partial charge in [0.25, 0.3) is 5.91 Å². The Hall–Kier alpha value is -1.56. The van der Waals surface area contributed by atoms with E-state index >= 15 is 0 Å². The Morgan fingerprint density at radius 3 is 2.78 bits per heavy atom. The summed E-state index contributed by atoms with van der Waals surface area (Å²) in [5.41, 5.74) is 7.57. The number of ether oxygens (including phenoxy) is 1. The van der Waals surface area contributed by atoms with Gasteiger partial charge in [-0.2, -0.15) is 5.10 Å². The number of anilines is 1. The maximum absolute atomic E-state index is 12.0. The van der Waals surface area contributed by atoms with Crippen molar-refractivity contribution in [1.82, 2.24) is 15.1 Å². The van der Waals surface area contributed by atoms with E-state index in [0.717, 1.165) is 18.5 Å². The predicted octanol–water partition coefficient (Wildman–Crippen LogP) is 0.721. The number of hydrogen-bond acceptors (Lipinski definition) is 4. The summed E-state index contributed by atoms with van der Waals surface area (Å²) >= 11 is 0. The Morgan fingerprint density at radius 1 is 1.50 bits per heavy atom. The molecule has 1 aromatic rings. The molecule has 0 aliphatic carbocycles. The first kappa shape index (κ1) is 14.5. The summed E-state index contributed by atoms with van der Waals surface area (Å²) in [6.07, 6.45) is 1.51. The number of aromatic nitrogens is 2. The summed E-state index contributed by atoms with van der Waals surface area (Å²) in [5.74, 6) is -0.182. The van der Waals surface area contributed by atoms with Crippen molar-refractivity contribution in [3.8, 4) is 0 Å². The monoisotopic (exact) mass is 254 g/mol. The number of aryl methyl sites for hydroxylation is 2. The second-order valence-corrected chi connectivity index (χ2v) is 3.99. The van der Waals surface area contributed by atoms with E-state index in [-0.39, 0.29) is 5.91 Å². The Balaban J connectivity index is 2.54. The van der Waals surface area contributed by atoms with Crippen LogP contribution < -0.4 is 11.1 Å². The van der Waals surface area contributed by atoms with Crippen LogP contribution in [0, 0.1) is 0 Å². The van der Waals surface area contributed by atoms with Gasteiger partial charge in [0.05, 0.1) is 11.4 Å². The zero-order valence-electron chi connectivity index (χ0n) is 11.3. The first-order chi connectivity index (χ1) is 8.61. The highest BCUT2D eigenvalue weighted by molar-refractivity contribution is 5.97. The second-order valence-electron chi connectivity index (χ2n) is 3.99. The van der Waals surface area contributed by atoms with E-state index in [4.69, 9.17) is 10.5 Å². The van der Waals surface area contributed by atoms with Gasteiger partial charge in [-0.15, -0.1) is 0 Å². The van der Waals surface area contributed by atoms with E-state index in [1.54, 1.807) is 7.05 Å². The highest BCUT2D eigenvalue weighted by atomic mass is 16.5. The minimum absolute atomic E-state index is 0.182. The maximum Gasteiger partial charge on any atom is 0.271 e. The summed E-state index contributed by atoms with van der Waals surface area (Å²) in [5, 5.41) is 7.03. The molecule has 0 aromatic carbocycles. The number of nitrogens with two attached hydrogens (primary N) is 1. The molecule has 0 bridgehead atoms. The number of hydrogen-bond donors (Lipinski definition) is 2. The lowest BCUT2D eigenvalue weighted by molar-refractivity contribution is 0.0936. The van der Waals surface area contributed by atoms with Crippen LogP contribution in [0.1, 0.15) is 36.5 Å². The molecule has 0 atom stereocenters. The van der Waals surface area contributed by atoms with Crippen LogP contribution in [0.15, 0.2) is 0 Å². The molecule has 0 aliphatic rings. The number of nitrogens with one attached hydrogen (secondary N) is 1. The molecule has 18 heavy (non-hydrogen) atoms. The van der Waals surface area contributed by atoms with Crippen molar-refractivity contribution in [3.63, 3.8) is 0 Å². The van der Waals surface area contributed by atoms with Crippen molar-refractivity contribution in [2.45, 2.75) is 26.7 Å². The third-order valence-corrected chi connectivity index (χ3v) is 2.67. The number of amides is 1. The summed E-state index contributed by atoms with van der Waals surface area (Å²) in [7, 11) is 1.73. The van der Waals surface area contributed by atoms with Crippen molar-refractivity contribution in [2.75, 3.05) is 25.5 Å². The third-order valence-electron chi connectivity index (χ3n) is 2.67. The van der Waals surface area contributed by atoms with Crippen LogP contribution in [0.5, 0.6) is 0 Å². The minimum Gasteiger partial charge on any atom is -0.395 e. The van der Waals surface area contributed by atoms with E-state index in [1.165, 1.54) is 4.68 Å². The number of nitrogens with zero attached hydrogens (tertiary/aromatic N) is 2. The topological polar surface area (TPSA) is 82.2 Å². The number of carbonyl (C=O) groups is 1. The van der Waals surface area contributed by atoms with Crippen molar-refractivity contribution in [3.05, 3.63) is 11.4 Å². The standard InChI is InChI=1S/C12H22N4O2/c1-4-9-10(13)11(16(3)15-9)12(17)14-7-6-8-18-5-2/h4-8,13H2,1-3H3,(H,14,17). The van der Waals surface area contributed by atoms with Gasteiger partial charge in [0.2, 0.25) is 0 Å². The summed E-state index contributed by atoms with van der Waals surface area (Å²) in [6.45, 7) is 5.83. The summed E-state index contributed by atoms with van der Waals surface area (Å²) in [6, 6.07) is 0. The van der Waals surface area contributed by atoms with E-state index < -0.39 is 0 Å². The first-order valence-electron chi connectivity index (χ1n) is 6.29. The molecule has 0 spiro atoms. The zero-order chi connectivity index (χ0) is 13.5. The molecular formula is C12H22N4O2. The van der Waals surface area contributed by atoms with E-state index in [9.17, 15) is 4.79 Å². The van der Waals surface area contributed by atoms with Crippen molar-refractivity contribution in [2.24, 2.45) is 7.05 Å². The molecule has 0 saturated carbocycles. The van der Waals surface area contributed by atoms with Gasteiger partial charge >= 0.3 is 0 Å². The Morgan fingerprint density at radius 2 is 2.22 bits per heavy atom. The molecule has 1 rings (SSSR count). The summed E-state index contributed by atoms with van der Waals surface area (Å²) in [4.78, 5) is 12.0. The lowest BCUT2D eigenvalue weighted by Crippen LogP contribution is -2.28. The van der Waals surface area contributed by atoms with Gasteiger partial charge in [-0.05, 0) is 19.8 Å². The SMILES string of the molecule is CCOCCCNC(=O)c1c(N)c(CC)nn1C. The van der Waals surface area contributed by atoms with Crippen LogP contribution in [0.3, 0.4) is 0 Å². The first-order valence-corrected chi connectivity index (χ1v) is 6.29. The normalized spacial score (nSPS) is 10.6. The summed E-state index contributed by atoms with van der Waals surface area (Å²) < 4.78 is 6.73. The molecule has 6 nitrogen and oxygen atoms in total. The molecule has 1 aromatic heterocycles. The molecule has 0 aliphatic heterocycles. The fourth-order valence-electron chi connectivity index (χ4n) is 1.73. The number of rotatable bonds is 7. The smallest absolute Gasteiger partial charge is 0.271 e. The average Bonchev–Trinajstić information content (AvgIpc) is 2.63. The van der Waals surface area contributed by atoms with Gasteiger partial charge in [-0.1, -0.05) is 6.92 Å². The lowest BCUT2D eigenvalue weighted by Gasteiger charge is -2.06. The van der Waals surface area contributed by atoms with Crippen LogP contribution in [-0.4, -0.2) is 35.4 Å². The van der Waals surface area contributed by atoms with Crippen LogP contribution in [0.4, 0.5) is 5.69 Å². The molecule has 0 radical (unpaired) electrons. The van der Waals surface area contributed by atoms with Crippen molar-refractivity contribution >= 4 is 11.6 Å². The fourth-order valence-corrected chi connectivity index (χ4v) is 1.73. The molecule has 6 heteroatoms. The van der Waals surface area contributed by atoms with Gasteiger partial charge in [-0.3, -0.25) is 9.48 Å². The van der Waals surface area contributed by atoms with Crippen molar-refractivity contribution < 1.29 is 9.53 Å². The molecule has 3 N–H and O–H groups in total. The Bertz CT molecular complexity index is 401. The Labute approximate surface area is 107 Å². The van der Waals surface area contributed by atoms with E-state index in [1.807, 2.05) is 13.8 Å². The van der Waals surface area contributed by atoms with Crippen LogP contribution in [-0.2, 0) is 18.2 Å². The number of carbonyl (C=O) groups excluding carboxylic acids is 1. The quantitative estimate of drug-likeness (QED) is 0.702. The van der Waals surface area contributed by atoms with Gasteiger partial charge in [0.1, 0.15) is 5.69 Å². The van der Waals surface area contributed by atoms with Crippen LogP contribution in [0.25, 0.3) is 0 Å². The molecule has 1 amide bonds. The largest absolute Gasteiger partial charge is 0.395 e. The molecule has 0 unspecified atom stereocenters. The average molecular weight is 254 g/mol. The highest BCUT2D eigenvalue weighted by Crippen LogP contribution is 2.16. The Kier molecular flexibility index (Phi) is 5.64. The number of nitrogen functional groups attached to an aromatic ring is 1. The lowest BCUT2D eigenvalue weighted by atomic mass is 10.2. The molecular weight excluding hydrogens is 232 g/mol. The van der Waals surface area contributed by atoms with Crippen LogP contribution in [0.2, 0.25) is 0 Å².